The Balaban J connectivity index is 1.66. The van der Waals surface area contributed by atoms with Crippen molar-refractivity contribution >= 4 is 5.57 Å². The molecule has 0 fully saturated rings. The molecule has 3 atom stereocenters. The van der Waals surface area contributed by atoms with Crippen LogP contribution < -0.4 is 0 Å². The highest BCUT2D eigenvalue weighted by Crippen LogP contribution is 2.66. The van der Waals surface area contributed by atoms with Crippen molar-refractivity contribution in [2.45, 2.75) is 71.1 Å². The molecular formula is C39H40. The molecule has 0 heteroatoms. The summed E-state index contributed by atoms with van der Waals surface area (Å²) in [5.41, 5.74) is 18.3. The van der Waals surface area contributed by atoms with Crippen LogP contribution in [0, 0.1) is 5.92 Å². The molecule has 0 aliphatic heterocycles. The minimum atomic E-state index is -0.150. The van der Waals surface area contributed by atoms with Gasteiger partial charge in [0.05, 0.1) is 5.41 Å². The lowest BCUT2D eigenvalue weighted by atomic mass is 9.65. The van der Waals surface area contributed by atoms with E-state index >= 15 is 0 Å². The van der Waals surface area contributed by atoms with Gasteiger partial charge in [-0.25, -0.2) is 0 Å². The Morgan fingerprint density at radius 1 is 1.00 bits per heavy atom. The fourth-order valence-corrected chi connectivity index (χ4v) is 7.61. The maximum Gasteiger partial charge on any atom is 0.0501 e. The summed E-state index contributed by atoms with van der Waals surface area (Å²) in [5.74, 6) is 0.719. The third kappa shape index (κ3) is 4.05. The summed E-state index contributed by atoms with van der Waals surface area (Å²) in [5, 5.41) is 0. The van der Waals surface area contributed by atoms with Crippen molar-refractivity contribution in [3.8, 4) is 0 Å². The Bertz CT molecular complexity index is 1550. The summed E-state index contributed by atoms with van der Waals surface area (Å²) in [6.45, 7) is 9.14. The summed E-state index contributed by atoms with van der Waals surface area (Å²) in [6, 6.07) is 16.4. The van der Waals surface area contributed by atoms with Crippen LogP contribution in [0.25, 0.3) is 5.57 Å². The molecule has 1 spiro atoms. The molecule has 0 heterocycles. The second-order valence-electron chi connectivity index (χ2n) is 11.5. The lowest BCUT2D eigenvalue weighted by Gasteiger charge is -2.36. The Morgan fingerprint density at radius 2 is 1.79 bits per heavy atom. The van der Waals surface area contributed by atoms with Crippen LogP contribution in [0.15, 0.2) is 125 Å². The predicted octanol–water partition coefficient (Wildman–Crippen LogP) is 10.3. The molecule has 0 nitrogen and oxygen atoms in total. The quantitative estimate of drug-likeness (QED) is 0.360. The first kappa shape index (κ1) is 25.7. The predicted molar refractivity (Wildman–Crippen MR) is 167 cm³/mol. The minimum absolute atomic E-state index is 0.150. The molecule has 0 amide bonds. The summed E-state index contributed by atoms with van der Waals surface area (Å²) in [4.78, 5) is 0. The topological polar surface area (TPSA) is 0 Å². The number of fused-ring (bicyclic) bond motifs is 6. The van der Waals surface area contributed by atoms with Gasteiger partial charge in [-0.15, -0.1) is 5.73 Å². The highest BCUT2D eigenvalue weighted by molar-refractivity contribution is 5.86. The van der Waals surface area contributed by atoms with Gasteiger partial charge in [0.2, 0.25) is 0 Å². The number of benzene rings is 2. The molecule has 0 bridgehead atoms. The van der Waals surface area contributed by atoms with Crippen LogP contribution in [0.3, 0.4) is 0 Å². The van der Waals surface area contributed by atoms with E-state index < -0.39 is 0 Å². The first-order valence-electron chi connectivity index (χ1n) is 14.9. The van der Waals surface area contributed by atoms with Crippen LogP contribution in [0.5, 0.6) is 0 Å². The molecule has 0 N–H and O–H groups in total. The lowest BCUT2D eigenvalue weighted by Crippen LogP contribution is -2.32. The standard InChI is InChI=1S/C39H40/c1-5-7-16-27(3)31-23-24-36-34(26-31)32-20-12-13-21-35(32)39(36)28(4)33-25-29(15-6-2)17-10-8-9-11-18-30-19-14-22-37(39)38(30)33/h6,8-16,19-24,28,34H,5,7,17-18,26H2,1-4H3. The van der Waals surface area contributed by atoms with Crippen molar-refractivity contribution in [2.24, 2.45) is 5.92 Å². The lowest BCUT2D eigenvalue weighted by molar-refractivity contribution is 0.505. The zero-order valence-electron chi connectivity index (χ0n) is 23.9. The van der Waals surface area contributed by atoms with Crippen LogP contribution >= 0.6 is 0 Å². The van der Waals surface area contributed by atoms with Crippen molar-refractivity contribution in [1.82, 2.24) is 0 Å². The molecule has 4 aliphatic rings. The number of allylic oxidation sites excluding steroid dienone is 13. The van der Waals surface area contributed by atoms with Crippen molar-refractivity contribution in [3.05, 3.63) is 153 Å². The fourth-order valence-electron chi connectivity index (χ4n) is 7.61. The highest BCUT2D eigenvalue weighted by Gasteiger charge is 2.58. The SMILES string of the molecule is CC=CC1=C=C2c3c(cccc3C3(C4=CC=C(C(C)=CCCC)CC4c4ccccc43)C2C)CC=CC=CC1. The second kappa shape index (κ2) is 10.5. The second-order valence-corrected chi connectivity index (χ2v) is 11.5. The Labute approximate surface area is 235 Å². The molecule has 2 aromatic carbocycles. The Kier molecular flexibility index (Phi) is 6.92. The van der Waals surface area contributed by atoms with Gasteiger partial charge in [0, 0.05) is 17.4 Å². The van der Waals surface area contributed by atoms with Gasteiger partial charge in [-0.05, 0) is 84.1 Å². The Hall–Kier alpha value is -3.60. The Morgan fingerprint density at radius 3 is 2.62 bits per heavy atom. The summed E-state index contributed by atoms with van der Waals surface area (Å²) in [7, 11) is 0. The van der Waals surface area contributed by atoms with Gasteiger partial charge < -0.3 is 0 Å². The highest BCUT2D eigenvalue weighted by atomic mass is 14.6. The van der Waals surface area contributed by atoms with Gasteiger partial charge in [-0.3, -0.25) is 0 Å². The third-order valence-electron chi connectivity index (χ3n) is 9.37. The number of hydrogen-bond acceptors (Lipinski definition) is 0. The van der Waals surface area contributed by atoms with Crippen LogP contribution in [-0.4, -0.2) is 0 Å². The normalized spacial score (nSPS) is 25.5. The van der Waals surface area contributed by atoms with Crippen LogP contribution in [0.4, 0.5) is 0 Å². The maximum atomic E-state index is 4.00. The summed E-state index contributed by atoms with van der Waals surface area (Å²) < 4.78 is 0. The largest absolute Gasteiger partial charge is 0.113 e. The zero-order valence-corrected chi connectivity index (χ0v) is 23.9. The molecule has 0 saturated carbocycles. The summed E-state index contributed by atoms with van der Waals surface area (Å²) in [6.07, 6.45) is 26.0. The first-order chi connectivity index (χ1) is 19.1. The third-order valence-corrected chi connectivity index (χ3v) is 9.37. The molecule has 39 heavy (non-hydrogen) atoms. The minimum Gasteiger partial charge on any atom is -0.113 e. The number of rotatable bonds is 4. The zero-order chi connectivity index (χ0) is 27.0. The molecular weight excluding hydrogens is 468 g/mol. The summed E-state index contributed by atoms with van der Waals surface area (Å²) >= 11 is 0. The molecule has 0 aromatic heterocycles. The van der Waals surface area contributed by atoms with Crippen molar-refractivity contribution in [3.63, 3.8) is 0 Å². The van der Waals surface area contributed by atoms with Gasteiger partial charge in [0.15, 0.2) is 0 Å². The first-order valence-corrected chi connectivity index (χ1v) is 14.9. The van der Waals surface area contributed by atoms with Crippen molar-refractivity contribution in [2.75, 3.05) is 0 Å². The fraction of sp³-hybridized carbons (Fsp3) is 0.308. The molecule has 2 aromatic rings. The van der Waals surface area contributed by atoms with Crippen molar-refractivity contribution in [1.29, 1.82) is 0 Å². The van der Waals surface area contributed by atoms with E-state index in [-0.39, 0.29) is 5.41 Å². The van der Waals surface area contributed by atoms with E-state index in [2.05, 4.69) is 131 Å². The van der Waals surface area contributed by atoms with Gasteiger partial charge in [-0.2, -0.15) is 0 Å². The van der Waals surface area contributed by atoms with Crippen molar-refractivity contribution < 1.29 is 0 Å². The smallest absolute Gasteiger partial charge is 0.0501 e. The number of hydrogen-bond donors (Lipinski definition) is 0. The molecule has 0 radical (unpaired) electrons. The molecule has 6 rings (SSSR count). The van der Waals surface area contributed by atoms with Gasteiger partial charge >= 0.3 is 0 Å². The average Bonchev–Trinajstić information content (AvgIpc) is 3.38. The molecule has 0 saturated heterocycles. The van der Waals surface area contributed by atoms with E-state index in [0.29, 0.717) is 11.8 Å². The van der Waals surface area contributed by atoms with Crippen LogP contribution in [-0.2, 0) is 11.8 Å². The van der Waals surface area contributed by atoms with Crippen LogP contribution in [0.2, 0.25) is 0 Å². The average molecular weight is 509 g/mol. The van der Waals surface area contributed by atoms with E-state index in [1.807, 2.05) is 0 Å². The number of unbranched alkanes of at least 4 members (excludes halogenated alkanes) is 1. The maximum absolute atomic E-state index is 4.00. The van der Waals surface area contributed by atoms with E-state index in [1.54, 1.807) is 5.57 Å². The van der Waals surface area contributed by atoms with Gasteiger partial charge in [-0.1, -0.05) is 123 Å². The molecule has 3 unspecified atom stereocenters. The van der Waals surface area contributed by atoms with Crippen LogP contribution in [0.1, 0.15) is 87.1 Å². The monoisotopic (exact) mass is 508 g/mol. The van der Waals surface area contributed by atoms with E-state index in [9.17, 15) is 0 Å². The van der Waals surface area contributed by atoms with E-state index in [0.717, 1.165) is 25.7 Å². The van der Waals surface area contributed by atoms with E-state index in [1.165, 1.54) is 56.5 Å². The molecule has 4 aliphatic carbocycles. The van der Waals surface area contributed by atoms with E-state index in [4.69, 9.17) is 0 Å². The van der Waals surface area contributed by atoms with Gasteiger partial charge in [0.25, 0.3) is 0 Å². The van der Waals surface area contributed by atoms with Gasteiger partial charge in [0.1, 0.15) is 0 Å². The molecule has 196 valence electrons.